The molecule has 0 radical (unpaired) electrons. The summed E-state index contributed by atoms with van der Waals surface area (Å²) in [4.78, 5) is 26.4. The molecule has 0 aliphatic heterocycles. The van der Waals surface area contributed by atoms with Crippen molar-refractivity contribution >= 4 is 11.6 Å². The van der Waals surface area contributed by atoms with Gasteiger partial charge in [0.2, 0.25) is 11.6 Å². The Morgan fingerprint density at radius 2 is 1.90 bits per heavy atom. The third-order valence-corrected chi connectivity index (χ3v) is 6.06. The summed E-state index contributed by atoms with van der Waals surface area (Å²) in [6.45, 7) is 17.1. The maximum absolute atomic E-state index is 13.2. The quantitative estimate of drug-likeness (QED) is 0.223. The molecule has 2 N–H and O–H groups in total. The molecule has 4 heteroatoms. The van der Waals surface area contributed by atoms with Gasteiger partial charge in [-0.2, -0.15) is 0 Å². The lowest BCUT2D eigenvalue weighted by Gasteiger charge is -2.34. The first-order chi connectivity index (χ1) is 14.0. The topological polar surface area (TPSA) is 66.4 Å². The molecule has 0 fully saturated rings. The fourth-order valence-corrected chi connectivity index (χ4v) is 4.31. The maximum Gasteiger partial charge on any atom is 0.233 e. The predicted octanol–water partition coefficient (Wildman–Crippen LogP) is 5.97. The van der Waals surface area contributed by atoms with Gasteiger partial charge in [0.15, 0.2) is 0 Å². The summed E-state index contributed by atoms with van der Waals surface area (Å²) in [6, 6.07) is 0. The number of unbranched alkanes of at least 4 members (excludes halogenated alkanes) is 2. The molecule has 2 atom stereocenters. The van der Waals surface area contributed by atoms with Crippen LogP contribution in [0.4, 0.5) is 0 Å². The van der Waals surface area contributed by atoms with Crippen LogP contribution in [-0.4, -0.2) is 23.2 Å². The summed E-state index contributed by atoms with van der Waals surface area (Å²) in [6.07, 6.45) is 7.20. The molecule has 0 aromatic carbocycles. The molecule has 0 bridgehead atoms. The fraction of sp³-hybridized carbons (Fsp3) is 0.615. The highest BCUT2D eigenvalue weighted by Gasteiger charge is 2.41. The minimum Gasteiger partial charge on any atom is -0.505 e. The second kappa shape index (κ2) is 9.80. The van der Waals surface area contributed by atoms with Gasteiger partial charge in [0.25, 0.3) is 0 Å². The van der Waals surface area contributed by atoms with Crippen molar-refractivity contribution < 1.29 is 14.7 Å². The van der Waals surface area contributed by atoms with Crippen LogP contribution in [0.5, 0.6) is 0 Å². The van der Waals surface area contributed by atoms with Crippen molar-refractivity contribution in [3.63, 3.8) is 0 Å². The van der Waals surface area contributed by atoms with Crippen LogP contribution < -0.4 is 5.32 Å². The van der Waals surface area contributed by atoms with Crippen molar-refractivity contribution in [3.05, 3.63) is 46.4 Å². The number of hydrogen-bond donors (Lipinski definition) is 2. The Morgan fingerprint density at radius 3 is 2.47 bits per heavy atom. The van der Waals surface area contributed by atoms with Gasteiger partial charge in [0.05, 0.1) is 11.3 Å². The van der Waals surface area contributed by atoms with E-state index in [1.165, 1.54) is 5.57 Å². The first-order valence-electron chi connectivity index (χ1n) is 11.3. The SMILES string of the molecule is C=C(C)C1CCC(C)=C[C@H]1C1=C(O)C(NCC(C)(C)C)=C(CCCCC)C(=O)C1=O. The average molecular weight is 414 g/mol. The van der Waals surface area contributed by atoms with Gasteiger partial charge in [-0.15, -0.1) is 0 Å². The number of rotatable bonds is 8. The van der Waals surface area contributed by atoms with Crippen molar-refractivity contribution in [2.75, 3.05) is 6.54 Å². The van der Waals surface area contributed by atoms with Gasteiger partial charge >= 0.3 is 0 Å². The third-order valence-electron chi connectivity index (χ3n) is 6.06. The van der Waals surface area contributed by atoms with E-state index in [1.807, 2.05) is 19.9 Å². The van der Waals surface area contributed by atoms with E-state index in [2.05, 4.69) is 39.6 Å². The minimum atomic E-state index is -0.553. The molecule has 166 valence electrons. The summed E-state index contributed by atoms with van der Waals surface area (Å²) in [5, 5.41) is 14.6. The number of carbonyl (C=O) groups excluding carboxylic acids is 2. The highest BCUT2D eigenvalue weighted by atomic mass is 16.3. The van der Waals surface area contributed by atoms with E-state index in [0.29, 0.717) is 24.2 Å². The summed E-state index contributed by atoms with van der Waals surface area (Å²) < 4.78 is 0. The van der Waals surface area contributed by atoms with Crippen LogP contribution in [0.15, 0.2) is 46.4 Å². The molecule has 2 rings (SSSR count). The molecule has 1 unspecified atom stereocenters. The van der Waals surface area contributed by atoms with Gasteiger partial charge in [-0.3, -0.25) is 9.59 Å². The Bertz CT molecular complexity index is 805. The molecule has 2 aliphatic rings. The second-order valence-corrected chi connectivity index (χ2v) is 10.2. The summed E-state index contributed by atoms with van der Waals surface area (Å²) in [7, 11) is 0. The molecule has 0 spiro atoms. The van der Waals surface area contributed by atoms with Crippen molar-refractivity contribution in [1.82, 2.24) is 5.32 Å². The predicted molar refractivity (Wildman–Crippen MR) is 123 cm³/mol. The zero-order valence-corrected chi connectivity index (χ0v) is 19.7. The van der Waals surface area contributed by atoms with Gasteiger partial charge in [-0.1, -0.05) is 64.3 Å². The number of allylic oxidation sites excluding steroid dienone is 5. The number of carbonyl (C=O) groups is 2. The van der Waals surface area contributed by atoms with Gasteiger partial charge in [0.1, 0.15) is 5.76 Å². The molecular weight excluding hydrogens is 374 g/mol. The van der Waals surface area contributed by atoms with E-state index < -0.39 is 11.6 Å². The van der Waals surface area contributed by atoms with E-state index in [4.69, 9.17) is 0 Å². The fourth-order valence-electron chi connectivity index (χ4n) is 4.31. The van der Waals surface area contributed by atoms with Crippen molar-refractivity contribution in [1.29, 1.82) is 0 Å². The van der Waals surface area contributed by atoms with E-state index in [1.54, 1.807) is 0 Å². The number of Topliss-reactive ketones (excluding diaryl/α,β-unsaturated/α-hetero) is 2. The molecule has 2 aliphatic carbocycles. The van der Waals surface area contributed by atoms with Crippen LogP contribution >= 0.6 is 0 Å². The third kappa shape index (κ3) is 5.53. The smallest absolute Gasteiger partial charge is 0.233 e. The highest BCUT2D eigenvalue weighted by Crippen LogP contribution is 2.41. The molecule has 4 nitrogen and oxygen atoms in total. The van der Waals surface area contributed by atoms with Crippen molar-refractivity contribution in [2.45, 2.75) is 80.1 Å². The molecule has 0 aromatic heterocycles. The van der Waals surface area contributed by atoms with E-state index >= 15 is 0 Å². The Balaban J connectivity index is 2.58. The van der Waals surface area contributed by atoms with Crippen LogP contribution in [0, 0.1) is 17.3 Å². The molecule has 0 saturated heterocycles. The molecular formula is C26H39NO3. The first kappa shape index (κ1) is 24.2. The molecule has 0 saturated carbocycles. The Hall–Kier alpha value is -2.10. The first-order valence-corrected chi connectivity index (χ1v) is 11.3. The maximum atomic E-state index is 13.2. The largest absolute Gasteiger partial charge is 0.505 e. The van der Waals surface area contributed by atoms with Crippen LogP contribution in [0.25, 0.3) is 0 Å². The van der Waals surface area contributed by atoms with E-state index in [9.17, 15) is 14.7 Å². The summed E-state index contributed by atoms with van der Waals surface area (Å²) >= 11 is 0. The number of ketones is 2. The normalized spacial score (nSPS) is 23.1. The van der Waals surface area contributed by atoms with E-state index in [-0.39, 0.29) is 28.6 Å². The zero-order chi connectivity index (χ0) is 22.6. The number of hydrogen-bond acceptors (Lipinski definition) is 4. The van der Waals surface area contributed by atoms with E-state index in [0.717, 1.165) is 37.7 Å². The highest BCUT2D eigenvalue weighted by molar-refractivity contribution is 6.50. The average Bonchev–Trinajstić information content (AvgIpc) is 2.64. The zero-order valence-electron chi connectivity index (χ0n) is 19.7. The van der Waals surface area contributed by atoms with Crippen molar-refractivity contribution in [3.8, 4) is 0 Å². The Morgan fingerprint density at radius 1 is 1.23 bits per heavy atom. The molecule has 0 aromatic rings. The lowest BCUT2D eigenvalue weighted by Crippen LogP contribution is -2.38. The second-order valence-electron chi connectivity index (χ2n) is 10.2. The van der Waals surface area contributed by atoms with Crippen molar-refractivity contribution in [2.24, 2.45) is 17.3 Å². The molecule has 0 heterocycles. The van der Waals surface area contributed by atoms with Gasteiger partial charge in [0, 0.05) is 18.0 Å². The standard InChI is InChI=1S/C26H39NO3/c1-8-9-10-11-19-22(27-15-26(5,6)7)24(29)21(25(30)23(19)28)20-14-17(4)12-13-18(20)16(2)3/h14,18,20,27,29H,2,8-13,15H2,1,3-7H3/t18?,20-/m1/s1. The van der Waals surface area contributed by atoms with Crippen LogP contribution in [0.3, 0.4) is 0 Å². The van der Waals surface area contributed by atoms with Crippen LogP contribution in [0.1, 0.15) is 80.1 Å². The Kier molecular flexibility index (Phi) is 7.90. The Labute approximate surface area is 182 Å². The van der Waals surface area contributed by atoms with Gasteiger partial charge in [-0.05, 0) is 50.9 Å². The van der Waals surface area contributed by atoms with Gasteiger partial charge in [-0.25, -0.2) is 0 Å². The summed E-state index contributed by atoms with van der Waals surface area (Å²) in [5.74, 6) is -1.32. The lowest BCUT2D eigenvalue weighted by molar-refractivity contribution is -0.133. The minimum absolute atomic E-state index is 0.0337. The number of aliphatic hydroxyl groups excluding tert-OH is 1. The monoisotopic (exact) mass is 413 g/mol. The van der Waals surface area contributed by atoms with Gasteiger partial charge < -0.3 is 10.4 Å². The lowest BCUT2D eigenvalue weighted by atomic mass is 9.70. The molecule has 30 heavy (non-hydrogen) atoms. The summed E-state index contributed by atoms with van der Waals surface area (Å²) in [5.41, 5.74) is 3.25. The van der Waals surface area contributed by atoms with Crippen LogP contribution in [-0.2, 0) is 9.59 Å². The number of aliphatic hydroxyl groups is 1. The van der Waals surface area contributed by atoms with Crippen LogP contribution in [0.2, 0.25) is 0 Å². The number of nitrogens with one attached hydrogen (secondary N) is 1. The molecule has 0 amide bonds.